The molecule has 1 aliphatic rings. The summed E-state index contributed by atoms with van der Waals surface area (Å²) in [7, 11) is 0. The van der Waals surface area contributed by atoms with Crippen LogP contribution in [0.5, 0.6) is 5.75 Å². The zero-order chi connectivity index (χ0) is 16.6. The average Bonchev–Trinajstić information content (AvgIpc) is 2.64. The highest BCUT2D eigenvalue weighted by atomic mass is 19.1. The van der Waals surface area contributed by atoms with Gasteiger partial charge in [0.05, 0.1) is 6.61 Å². The number of hydrogen-bond acceptors (Lipinski definition) is 5. The van der Waals surface area contributed by atoms with E-state index in [9.17, 15) is 4.39 Å². The van der Waals surface area contributed by atoms with Gasteiger partial charge in [0.25, 0.3) is 0 Å². The second-order valence-electron chi connectivity index (χ2n) is 5.98. The lowest BCUT2D eigenvalue weighted by molar-refractivity contribution is 0.301. The summed E-state index contributed by atoms with van der Waals surface area (Å²) in [5.41, 5.74) is 0. The van der Waals surface area contributed by atoms with E-state index >= 15 is 0 Å². The van der Waals surface area contributed by atoms with Gasteiger partial charge in [-0.15, -0.1) is 5.10 Å². The van der Waals surface area contributed by atoms with Crippen LogP contribution in [-0.4, -0.2) is 42.5 Å². The van der Waals surface area contributed by atoms with Gasteiger partial charge in [0.1, 0.15) is 11.6 Å². The number of hydrogen-bond donors (Lipinski definition) is 1. The molecule has 0 spiro atoms. The van der Waals surface area contributed by atoms with Gasteiger partial charge >= 0.3 is 0 Å². The molecule has 0 amide bonds. The predicted octanol–water partition coefficient (Wildman–Crippen LogP) is 2.64. The normalized spacial score (nSPS) is 17.7. The van der Waals surface area contributed by atoms with Gasteiger partial charge in [-0.2, -0.15) is 5.10 Å². The van der Waals surface area contributed by atoms with Crippen molar-refractivity contribution in [2.75, 3.05) is 31.1 Å². The second kappa shape index (κ2) is 8.59. The Morgan fingerprint density at radius 1 is 1.25 bits per heavy atom. The van der Waals surface area contributed by atoms with Crippen LogP contribution in [0.3, 0.4) is 0 Å². The van der Waals surface area contributed by atoms with Crippen LogP contribution in [0.15, 0.2) is 42.6 Å². The van der Waals surface area contributed by atoms with Crippen LogP contribution in [-0.2, 0) is 0 Å². The zero-order valence-corrected chi connectivity index (χ0v) is 13.7. The third kappa shape index (κ3) is 4.89. The SMILES string of the molecule is Fc1ccc(OCCCN[C@H]2CCCN(c3cccnn3)C2)cc1. The monoisotopic (exact) mass is 330 g/mol. The van der Waals surface area contributed by atoms with E-state index < -0.39 is 0 Å². The summed E-state index contributed by atoms with van der Waals surface area (Å²) in [6.07, 6.45) is 4.94. The summed E-state index contributed by atoms with van der Waals surface area (Å²) >= 11 is 0. The minimum atomic E-state index is -0.242. The summed E-state index contributed by atoms with van der Waals surface area (Å²) in [5.74, 6) is 1.42. The molecule has 3 rings (SSSR count). The molecule has 0 radical (unpaired) electrons. The topological polar surface area (TPSA) is 50.3 Å². The molecule has 6 heteroatoms. The highest BCUT2D eigenvalue weighted by molar-refractivity contribution is 5.37. The summed E-state index contributed by atoms with van der Waals surface area (Å²) < 4.78 is 18.4. The molecule has 1 saturated heterocycles. The third-order valence-electron chi connectivity index (χ3n) is 4.14. The van der Waals surface area contributed by atoms with E-state index in [4.69, 9.17) is 4.74 Å². The standard InChI is InChI=1S/C18H23FN4O/c19-15-6-8-17(9-7-15)24-13-3-10-20-16-4-2-12-23(14-16)18-5-1-11-21-22-18/h1,5-9,11,16,20H,2-4,10,12-14H2/t16-/m0/s1. The number of aromatic nitrogens is 2. The van der Waals surface area contributed by atoms with Gasteiger partial charge in [0.2, 0.25) is 0 Å². The quantitative estimate of drug-likeness (QED) is 0.791. The van der Waals surface area contributed by atoms with Crippen molar-refractivity contribution in [1.29, 1.82) is 0 Å². The van der Waals surface area contributed by atoms with Gasteiger partial charge in [-0.25, -0.2) is 4.39 Å². The van der Waals surface area contributed by atoms with Crippen LogP contribution in [0.25, 0.3) is 0 Å². The van der Waals surface area contributed by atoms with Gasteiger partial charge in [0, 0.05) is 25.3 Å². The first kappa shape index (κ1) is 16.6. The van der Waals surface area contributed by atoms with Crippen molar-refractivity contribution < 1.29 is 9.13 Å². The van der Waals surface area contributed by atoms with Crippen molar-refractivity contribution in [2.45, 2.75) is 25.3 Å². The Labute approximate surface area is 141 Å². The molecule has 5 nitrogen and oxygen atoms in total. The van der Waals surface area contributed by atoms with Crippen LogP contribution in [0.1, 0.15) is 19.3 Å². The van der Waals surface area contributed by atoms with Gasteiger partial charge in [-0.05, 0) is 62.2 Å². The molecule has 1 aliphatic heterocycles. The van der Waals surface area contributed by atoms with Crippen molar-refractivity contribution in [3.05, 3.63) is 48.4 Å². The Hall–Kier alpha value is -2.21. The van der Waals surface area contributed by atoms with Crippen molar-refractivity contribution >= 4 is 5.82 Å². The Kier molecular flexibility index (Phi) is 5.96. The molecular weight excluding hydrogens is 307 g/mol. The highest BCUT2D eigenvalue weighted by Gasteiger charge is 2.20. The third-order valence-corrected chi connectivity index (χ3v) is 4.14. The number of anilines is 1. The Bertz CT molecular complexity index is 608. The maximum absolute atomic E-state index is 12.8. The van der Waals surface area contributed by atoms with Gasteiger partial charge < -0.3 is 15.0 Å². The van der Waals surface area contributed by atoms with E-state index in [0.717, 1.165) is 38.3 Å². The van der Waals surface area contributed by atoms with E-state index in [-0.39, 0.29) is 5.82 Å². The molecule has 0 bridgehead atoms. The number of piperidine rings is 1. The molecule has 2 aromatic rings. The molecule has 2 heterocycles. The van der Waals surface area contributed by atoms with E-state index in [1.54, 1.807) is 18.3 Å². The molecular formula is C18H23FN4O. The molecule has 128 valence electrons. The number of benzene rings is 1. The second-order valence-corrected chi connectivity index (χ2v) is 5.98. The van der Waals surface area contributed by atoms with Crippen LogP contribution in [0.2, 0.25) is 0 Å². The van der Waals surface area contributed by atoms with Gasteiger partial charge in [-0.1, -0.05) is 0 Å². The fraction of sp³-hybridized carbons (Fsp3) is 0.444. The van der Waals surface area contributed by atoms with Gasteiger partial charge in [-0.3, -0.25) is 0 Å². The molecule has 1 aromatic carbocycles. The van der Waals surface area contributed by atoms with Crippen LogP contribution >= 0.6 is 0 Å². The minimum absolute atomic E-state index is 0.242. The molecule has 0 saturated carbocycles. The summed E-state index contributed by atoms with van der Waals surface area (Å²) in [4.78, 5) is 2.28. The number of nitrogens with zero attached hydrogens (tertiary/aromatic N) is 3. The number of nitrogens with one attached hydrogen (secondary N) is 1. The van der Waals surface area contributed by atoms with Crippen LogP contribution < -0.4 is 15.0 Å². The molecule has 1 N–H and O–H groups in total. The van der Waals surface area contributed by atoms with E-state index in [1.807, 2.05) is 12.1 Å². The summed E-state index contributed by atoms with van der Waals surface area (Å²) in [6.45, 7) is 3.52. The lowest BCUT2D eigenvalue weighted by Crippen LogP contribution is -2.46. The molecule has 0 aliphatic carbocycles. The first-order chi connectivity index (χ1) is 11.8. The van der Waals surface area contributed by atoms with Crippen LogP contribution in [0, 0.1) is 5.82 Å². The van der Waals surface area contributed by atoms with Crippen molar-refractivity contribution in [2.24, 2.45) is 0 Å². The maximum atomic E-state index is 12.8. The zero-order valence-electron chi connectivity index (χ0n) is 13.7. The van der Waals surface area contributed by atoms with Crippen molar-refractivity contribution in [1.82, 2.24) is 15.5 Å². The minimum Gasteiger partial charge on any atom is -0.494 e. The Morgan fingerprint density at radius 3 is 2.92 bits per heavy atom. The largest absolute Gasteiger partial charge is 0.494 e. The fourth-order valence-corrected chi connectivity index (χ4v) is 2.91. The lowest BCUT2D eigenvalue weighted by atomic mass is 10.1. The first-order valence-electron chi connectivity index (χ1n) is 8.46. The van der Waals surface area contributed by atoms with Crippen molar-refractivity contribution in [3.63, 3.8) is 0 Å². The molecule has 1 fully saturated rings. The van der Waals surface area contributed by atoms with Crippen molar-refractivity contribution in [3.8, 4) is 5.75 Å². The summed E-state index contributed by atoms with van der Waals surface area (Å²) in [5, 5.41) is 11.7. The number of halogens is 1. The molecule has 0 unspecified atom stereocenters. The smallest absolute Gasteiger partial charge is 0.151 e. The number of ether oxygens (including phenoxy) is 1. The highest BCUT2D eigenvalue weighted by Crippen LogP contribution is 2.16. The average molecular weight is 330 g/mol. The molecule has 24 heavy (non-hydrogen) atoms. The van der Waals surface area contributed by atoms with E-state index in [0.29, 0.717) is 18.4 Å². The van der Waals surface area contributed by atoms with Gasteiger partial charge in [0.15, 0.2) is 5.82 Å². The van der Waals surface area contributed by atoms with E-state index in [2.05, 4.69) is 20.4 Å². The Morgan fingerprint density at radius 2 is 2.12 bits per heavy atom. The van der Waals surface area contributed by atoms with E-state index in [1.165, 1.54) is 18.6 Å². The number of rotatable bonds is 7. The molecule has 1 atom stereocenters. The Balaban J connectivity index is 1.35. The van der Waals surface area contributed by atoms with Crippen LogP contribution in [0.4, 0.5) is 10.2 Å². The maximum Gasteiger partial charge on any atom is 0.151 e. The predicted molar refractivity (Wildman–Crippen MR) is 91.8 cm³/mol. The lowest BCUT2D eigenvalue weighted by Gasteiger charge is -2.33. The first-order valence-corrected chi connectivity index (χ1v) is 8.46. The molecule has 1 aromatic heterocycles. The fourth-order valence-electron chi connectivity index (χ4n) is 2.91. The summed E-state index contributed by atoms with van der Waals surface area (Å²) in [6, 6.07) is 10.5.